The molecule has 2 heterocycles. The molecule has 0 radical (unpaired) electrons. The van der Waals surface area contributed by atoms with Gasteiger partial charge in [-0.25, -0.2) is 9.59 Å². The number of carboxylic acids is 2. The normalized spacial score (nSPS) is 33.1. The number of aliphatic hydroxyl groups is 1. The number of methoxy groups -OCH3 is 1. The Morgan fingerprint density at radius 3 is 2.59 bits per heavy atom. The van der Waals surface area contributed by atoms with E-state index in [0.29, 0.717) is 17.9 Å². The number of rotatable bonds is 1. The van der Waals surface area contributed by atoms with E-state index in [1.165, 1.54) is 6.08 Å². The third-order valence-corrected chi connectivity index (χ3v) is 6.53. The maximum atomic E-state index is 12.6. The van der Waals surface area contributed by atoms with E-state index in [9.17, 15) is 9.90 Å². The molecule has 4 aliphatic rings. The monoisotopic (exact) mass is 403 g/mol. The molecule has 2 aliphatic carbocycles. The van der Waals surface area contributed by atoms with Gasteiger partial charge in [-0.3, -0.25) is 9.69 Å². The van der Waals surface area contributed by atoms with Gasteiger partial charge in [0, 0.05) is 11.6 Å². The maximum Gasteiger partial charge on any atom is 0.414 e. The highest BCUT2D eigenvalue weighted by Gasteiger charge is 2.71. The highest BCUT2D eigenvalue weighted by molar-refractivity contribution is 6.27. The van der Waals surface area contributed by atoms with Crippen molar-refractivity contribution in [2.75, 3.05) is 20.7 Å². The lowest BCUT2D eigenvalue weighted by molar-refractivity contribution is -0.159. The number of ketones is 1. The summed E-state index contributed by atoms with van der Waals surface area (Å²) in [6.07, 6.45) is 4.00. The van der Waals surface area contributed by atoms with Gasteiger partial charge in [0.2, 0.25) is 0 Å². The number of nitrogens with zero attached hydrogens (tertiary/aromatic N) is 1. The zero-order valence-electron chi connectivity index (χ0n) is 15.9. The van der Waals surface area contributed by atoms with E-state index < -0.39 is 29.1 Å². The molecule has 29 heavy (non-hydrogen) atoms. The SMILES string of the molecule is COc1ccc2c3c1O[C@H]1C(=O)C=C[C@@]4(O)[C@@H](C2)N(C)CC[C@]314.O=C(O)C(=O)O. The molecular formula is C20H21NO8. The summed E-state index contributed by atoms with van der Waals surface area (Å²) in [5, 5.41) is 26.4. The molecule has 4 atom stereocenters. The number of aliphatic carboxylic acids is 2. The van der Waals surface area contributed by atoms with Crippen molar-refractivity contribution in [1.82, 2.24) is 4.90 Å². The Balaban J connectivity index is 0.000000302. The van der Waals surface area contributed by atoms with Crippen molar-refractivity contribution in [3.05, 3.63) is 35.4 Å². The second-order valence-electron chi connectivity index (χ2n) is 7.72. The molecule has 0 amide bonds. The van der Waals surface area contributed by atoms with Gasteiger partial charge in [0.25, 0.3) is 0 Å². The van der Waals surface area contributed by atoms with Crippen LogP contribution in [-0.4, -0.2) is 76.4 Å². The molecule has 1 saturated heterocycles. The number of ether oxygens (including phenoxy) is 2. The predicted molar refractivity (Wildman–Crippen MR) is 98.2 cm³/mol. The number of likely N-dealkylation sites (N-methyl/N-ethyl adjacent to an activating group) is 1. The summed E-state index contributed by atoms with van der Waals surface area (Å²) in [4.78, 5) is 33.0. The van der Waals surface area contributed by atoms with Crippen molar-refractivity contribution in [3.63, 3.8) is 0 Å². The number of likely N-dealkylation sites (tertiary alicyclic amines) is 1. The van der Waals surface area contributed by atoms with Crippen LogP contribution in [0.25, 0.3) is 0 Å². The second kappa shape index (κ2) is 6.30. The second-order valence-corrected chi connectivity index (χ2v) is 7.72. The van der Waals surface area contributed by atoms with Crippen LogP contribution >= 0.6 is 0 Å². The first-order valence-electron chi connectivity index (χ1n) is 9.16. The van der Waals surface area contributed by atoms with Gasteiger partial charge < -0.3 is 24.8 Å². The average Bonchev–Trinajstić information content (AvgIpc) is 3.04. The molecule has 1 aromatic rings. The average molecular weight is 403 g/mol. The number of carbonyl (C=O) groups is 3. The van der Waals surface area contributed by atoms with E-state index in [4.69, 9.17) is 29.3 Å². The zero-order valence-corrected chi connectivity index (χ0v) is 15.9. The summed E-state index contributed by atoms with van der Waals surface area (Å²) in [6, 6.07) is 3.92. The summed E-state index contributed by atoms with van der Waals surface area (Å²) in [5.74, 6) is -2.43. The highest BCUT2D eigenvalue weighted by Crippen LogP contribution is 2.63. The number of piperidine rings is 1. The van der Waals surface area contributed by atoms with E-state index in [1.807, 2.05) is 13.1 Å². The van der Waals surface area contributed by atoms with Gasteiger partial charge in [-0.2, -0.15) is 0 Å². The molecule has 1 fully saturated rings. The molecule has 2 aliphatic heterocycles. The van der Waals surface area contributed by atoms with Gasteiger partial charge in [0.05, 0.1) is 12.5 Å². The van der Waals surface area contributed by atoms with E-state index in [0.717, 1.165) is 24.1 Å². The molecule has 1 spiro atoms. The van der Waals surface area contributed by atoms with Crippen LogP contribution in [0.2, 0.25) is 0 Å². The molecule has 2 bridgehead atoms. The first-order chi connectivity index (χ1) is 13.7. The first-order valence-corrected chi connectivity index (χ1v) is 9.16. The van der Waals surface area contributed by atoms with Gasteiger partial charge >= 0.3 is 11.9 Å². The Kier molecular flexibility index (Phi) is 4.21. The van der Waals surface area contributed by atoms with Crippen LogP contribution < -0.4 is 9.47 Å². The molecule has 1 aromatic carbocycles. The minimum Gasteiger partial charge on any atom is -0.493 e. The summed E-state index contributed by atoms with van der Waals surface area (Å²) in [5.41, 5.74) is 0.385. The Morgan fingerprint density at radius 2 is 1.97 bits per heavy atom. The van der Waals surface area contributed by atoms with E-state index in [2.05, 4.69) is 11.0 Å². The lowest BCUT2D eigenvalue weighted by Gasteiger charge is -2.60. The molecule has 3 N–H and O–H groups in total. The van der Waals surface area contributed by atoms with Crippen molar-refractivity contribution < 1.29 is 39.2 Å². The smallest absolute Gasteiger partial charge is 0.414 e. The van der Waals surface area contributed by atoms with Gasteiger partial charge in [-0.1, -0.05) is 6.07 Å². The largest absolute Gasteiger partial charge is 0.493 e. The quantitative estimate of drug-likeness (QED) is 0.553. The Hall–Kier alpha value is -2.91. The topological polar surface area (TPSA) is 134 Å². The van der Waals surface area contributed by atoms with Gasteiger partial charge in [-0.15, -0.1) is 0 Å². The minimum absolute atomic E-state index is 0.0430. The molecule has 0 aromatic heterocycles. The molecule has 9 nitrogen and oxygen atoms in total. The minimum atomic E-state index is -1.82. The lowest BCUT2D eigenvalue weighted by atomic mass is 9.51. The van der Waals surface area contributed by atoms with Crippen molar-refractivity contribution >= 4 is 17.7 Å². The van der Waals surface area contributed by atoms with Gasteiger partial charge in [-0.05, 0) is 50.2 Å². The van der Waals surface area contributed by atoms with E-state index >= 15 is 0 Å². The van der Waals surface area contributed by atoms with Crippen LogP contribution in [0.4, 0.5) is 0 Å². The number of carboxylic acid groups (broad SMARTS) is 2. The molecule has 0 unspecified atom stereocenters. The highest BCUT2D eigenvalue weighted by atomic mass is 16.5. The summed E-state index contributed by atoms with van der Waals surface area (Å²) < 4.78 is 11.6. The summed E-state index contributed by atoms with van der Waals surface area (Å²) >= 11 is 0. The summed E-state index contributed by atoms with van der Waals surface area (Å²) in [7, 11) is 3.65. The summed E-state index contributed by atoms with van der Waals surface area (Å²) in [6.45, 7) is 0.837. The molecule has 5 rings (SSSR count). The fourth-order valence-corrected chi connectivity index (χ4v) is 5.28. The number of benzene rings is 1. The number of hydrogen-bond acceptors (Lipinski definition) is 7. The van der Waals surface area contributed by atoms with Gasteiger partial charge in [0.15, 0.2) is 23.4 Å². The number of carbonyl (C=O) groups excluding carboxylic acids is 1. The molecule has 9 heteroatoms. The Bertz CT molecular complexity index is 944. The van der Waals surface area contributed by atoms with Crippen LogP contribution in [0.15, 0.2) is 24.3 Å². The number of hydrogen-bond donors (Lipinski definition) is 3. The van der Waals surface area contributed by atoms with Crippen LogP contribution in [0, 0.1) is 0 Å². The van der Waals surface area contributed by atoms with Gasteiger partial charge in [0.1, 0.15) is 5.60 Å². The van der Waals surface area contributed by atoms with Crippen molar-refractivity contribution in [2.45, 2.75) is 36.0 Å². The van der Waals surface area contributed by atoms with E-state index in [-0.39, 0.29) is 11.8 Å². The van der Waals surface area contributed by atoms with Crippen LogP contribution in [0.1, 0.15) is 17.5 Å². The van der Waals surface area contributed by atoms with Crippen LogP contribution in [-0.2, 0) is 26.2 Å². The third-order valence-electron chi connectivity index (χ3n) is 6.53. The van der Waals surface area contributed by atoms with Crippen molar-refractivity contribution in [3.8, 4) is 11.5 Å². The molecule has 154 valence electrons. The lowest BCUT2D eigenvalue weighted by Crippen LogP contribution is -2.74. The maximum absolute atomic E-state index is 12.6. The van der Waals surface area contributed by atoms with Crippen molar-refractivity contribution in [1.29, 1.82) is 0 Å². The Morgan fingerprint density at radius 1 is 1.28 bits per heavy atom. The van der Waals surface area contributed by atoms with E-state index in [1.54, 1.807) is 13.2 Å². The predicted octanol–water partition coefficient (Wildman–Crippen LogP) is -0.0202. The van der Waals surface area contributed by atoms with Crippen LogP contribution in [0.5, 0.6) is 11.5 Å². The Labute approximate surface area is 166 Å². The fraction of sp³-hybridized carbons (Fsp3) is 0.450. The fourth-order valence-electron chi connectivity index (χ4n) is 5.28. The molecular weight excluding hydrogens is 382 g/mol. The van der Waals surface area contributed by atoms with Crippen LogP contribution in [0.3, 0.4) is 0 Å². The standard InChI is InChI=1S/C18H19NO4.C2H2O4/c1-19-8-7-17-14-10-3-4-12(22-2)15(14)23-16(17)11(20)5-6-18(17,21)13(19)9-10;3-1(4)2(5)6/h3-6,13,16,21H,7-9H2,1-2H3;(H,3,4)(H,5,6)/t13-,16+,17+,18-;/m1./s1. The van der Waals surface area contributed by atoms with Crippen molar-refractivity contribution in [2.24, 2.45) is 0 Å². The molecule has 0 saturated carbocycles. The zero-order chi connectivity index (χ0) is 21.1. The first kappa shape index (κ1) is 19.4. The third kappa shape index (κ3) is 2.37.